The minimum absolute atomic E-state index is 0.960. The van der Waals surface area contributed by atoms with Crippen molar-refractivity contribution in [1.29, 1.82) is 0 Å². The van der Waals surface area contributed by atoms with E-state index in [9.17, 15) is 0 Å². The van der Waals surface area contributed by atoms with Gasteiger partial charge in [-0.15, -0.1) is 0 Å². The highest BCUT2D eigenvalue weighted by molar-refractivity contribution is 7.99. The first-order chi connectivity index (χ1) is 8.38. The summed E-state index contributed by atoms with van der Waals surface area (Å²) in [6.45, 7) is 7.00. The van der Waals surface area contributed by atoms with Crippen LogP contribution in [0.1, 0.15) is 58.8 Å². The van der Waals surface area contributed by atoms with Crippen molar-refractivity contribution in [2.24, 2.45) is 11.8 Å². The van der Waals surface area contributed by atoms with Gasteiger partial charge in [0.25, 0.3) is 0 Å². The lowest BCUT2D eigenvalue weighted by atomic mass is 9.87. The van der Waals surface area contributed by atoms with E-state index in [-0.39, 0.29) is 0 Å². The summed E-state index contributed by atoms with van der Waals surface area (Å²) in [5.41, 5.74) is 0. The molecule has 0 spiro atoms. The first-order valence-corrected chi connectivity index (χ1v) is 8.82. The molecule has 1 atom stereocenters. The molecule has 2 heteroatoms. The second kappa shape index (κ2) is 10.3. The molecule has 0 bridgehead atoms. The Labute approximate surface area is 113 Å². The second-order valence-corrected chi connectivity index (χ2v) is 6.74. The van der Waals surface area contributed by atoms with Crippen LogP contribution >= 0.6 is 11.8 Å². The molecule has 1 rings (SSSR count). The smallest absolute Gasteiger partial charge is 0.00179 e. The van der Waals surface area contributed by atoms with E-state index in [1.54, 1.807) is 0 Å². The predicted molar refractivity (Wildman–Crippen MR) is 80.8 cm³/mol. The van der Waals surface area contributed by atoms with Gasteiger partial charge < -0.3 is 5.32 Å². The summed E-state index contributed by atoms with van der Waals surface area (Å²) in [5, 5.41) is 3.65. The topological polar surface area (TPSA) is 12.0 Å². The highest BCUT2D eigenvalue weighted by atomic mass is 32.2. The molecule has 0 aromatic carbocycles. The monoisotopic (exact) mass is 257 g/mol. The van der Waals surface area contributed by atoms with Crippen LogP contribution in [0.5, 0.6) is 0 Å². The molecule has 1 unspecified atom stereocenters. The summed E-state index contributed by atoms with van der Waals surface area (Å²) < 4.78 is 0. The van der Waals surface area contributed by atoms with Gasteiger partial charge in [0.1, 0.15) is 0 Å². The van der Waals surface area contributed by atoms with E-state index in [1.807, 2.05) is 0 Å². The molecule has 1 N–H and O–H groups in total. The van der Waals surface area contributed by atoms with Crippen molar-refractivity contribution < 1.29 is 0 Å². The van der Waals surface area contributed by atoms with Crippen LogP contribution in [-0.4, -0.2) is 24.6 Å². The third-order valence-corrected chi connectivity index (χ3v) is 4.95. The highest BCUT2D eigenvalue weighted by Crippen LogP contribution is 2.33. The maximum Gasteiger partial charge on any atom is -0.00179 e. The summed E-state index contributed by atoms with van der Waals surface area (Å²) in [4.78, 5) is 0. The Morgan fingerprint density at radius 2 is 2.00 bits per heavy atom. The molecule has 1 fully saturated rings. The molecule has 0 aromatic rings. The largest absolute Gasteiger partial charge is 0.316 e. The Bertz CT molecular complexity index is 166. The minimum Gasteiger partial charge on any atom is -0.316 e. The van der Waals surface area contributed by atoms with Crippen LogP contribution in [0.4, 0.5) is 0 Å². The van der Waals surface area contributed by atoms with Gasteiger partial charge in [-0.3, -0.25) is 0 Å². The molecular weight excluding hydrogens is 226 g/mol. The van der Waals surface area contributed by atoms with Gasteiger partial charge in [-0.25, -0.2) is 0 Å². The van der Waals surface area contributed by atoms with Gasteiger partial charge in [-0.05, 0) is 55.7 Å². The molecule has 1 nitrogen and oxygen atoms in total. The molecule has 1 aliphatic carbocycles. The zero-order valence-electron chi connectivity index (χ0n) is 11.8. The Morgan fingerprint density at radius 3 is 2.65 bits per heavy atom. The van der Waals surface area contributed by atoms with Crippen LogP contribution < -0.4 is 5.32 Å². The molecule has 1 saturated carbocycles. The quantitative estimate of drug-likeness (QED) is 0.585. The molecule has 1 aliphatic rings. The van der Waals surface area contributed by atoms with E-state index in [1.165, 1.54) is 69.5 Å². The fourth-order valence-electron chi connectivity index (χ4n) is 2.99. The van der Waals surface area contributed by atoms with Crippen LogP contribution in [0.2, 0.25) is 0 Å². The Morgan fingerprint density at radius 1 is 1.24 bits per heavy atom. The lowest BCUT2D eigenvalue weighted by molar-refractivity contribution is 0.303. The van der Waals surface area contributed by atoms with Gasteiger partial charge in [0.2, 0.25) is 0 Å². The van der Waals surface area contributed by atoms with E-state index < -0.39 is 0 Å². The molecule has 17 heavy (non-hydrogen) atoms. The lowest BCUT2D eigenvalue weighted by Crippen LogP contribution is -2.28. The van der Waals surface area contributed by atoms with E-state index in [4.69, 9.17) is 0 Å². The lowest BCUT2D eigenvalue weighted by Gasteiger charge is -2.24. The molecule has 0 aromatic heterocycles. The van der Waals surface area contributed by atoms with Gasteiger partial charge >= 0.3 is 0 Å². The van der Waals surface area contributed by atoms with E-state index in [0.29, 0.717) is 0 Å². The predicted octanol–water partition coefficient (Wildman–Crippen LogP) is 4.33. The van der Waals surface area contributed by atoms with Gasteiger partial charge in [0.15, 0.2) is 0 Å². The van der Waals surface area contributed by atoms with E-state index in [0.717, 1.165) is 11.8 Å². The van der Waals surface area contributed by atoms with Gasteiger partial charge in [-0.2, -0.15) is 11.8 Å². The highest BCUT2D eigenvalue weighted by Gasteiger charge is 2.24. The van der Waals surface area contributed by atoms with Gasteiger partial charge in [0.05, 0.1) is 0 Å². The van der Waals surface area contributed by atoms with Gasteiger partial charge in [-0.1, -0.05) is 39.5 Å². The summed E-state index contributed by atoms with van der Waals surface area (Å²) in [5.74, 6) is 4.64. The van der Waals surface area contributed by atoms with Crippen LogP contribution in [0.15, 0.2) is 0 Å². The standard InChI is InChI=1S/C15H31NS/c1-3-11-16-13-15(10-7-12-17-4-2)14-8-5-6-9-14/h14-16H,3-13H2,1-2H3. The molecule has 0 amide bonds. The van der Waals surface area contributed by atoms with Crippen molar-refractivity contribution in [3.8, 4) is 0 Å². The van der Waals surface area contributed by atoms with Crippen LogP contribution in [0, 0.1) is 11.8 Å². The number of thioether (sulfide) groups is 1. The number of rotatable bonds is 10. The van der Waals surface area contributed by atoms with Crippen molar-refractivity contribution in [2.45, 2.75) is 58.8 Å². The third-order valence-electron chi connectivity index (χ3n) is 3.97. The summed E-state index contributed by atoms with van der Waals surface area (Å²) in [7, 11) is 0. The Hall–Kier alpha value is 0.310. The number of hydrogen-bond donors (Lipinski definition) is 1. The minimum atomic E-state index is 0.960. The molecule has 102 valence electrons. The normalized spacial score (nSPS) is 18.7. The molecule has 0 aliphatic heterocycles. The van der Waals surface area contributed by atoms with Crippen molar-refractivity contribution >= 4 is 11.8 Å². The first-order valence-electron chi connectivity index (χ1n) is 7.66. The van der Waals surface area contributed by atoms with E-state index >= 15 is 0 Å². The number of hydrogen-bond acceptors (Lipinski definition) is 2. The third kappa shape index (κ3) is 6.71. The van der Waals surface area contributed by atoms with Crippen molar-refractivity contribution in [1.82, 2.24) is 5.32 Å². The zero-order chi connectivity index (χ0) is 12.3. The second-order valence-electron chi connectivity index (χ2n) is 5.35. The summed E-state index contributed by atoms with van der Waals surface area (Å²) in [6, 6.07) is 0. The van der Waals surface area contributed by atoms with Crippen molar-refractivity contribution in [3.63, 3.8) is 0 Å². The number of nitrogens with one attached hydrogen (secondary N) is 1. The Kier molecular flexibility index (Phi) is 9.27. The fraction of sp³-hybridized carbons (Fsp3) is 1.00. The summed E-state index contributed by atoms with van der Waals surface area (Å²) >= 11 is 2.10. The average molecular weight is 257 g/mol. The Balaban J connectivity index is 2.20. The molecule has 0 saturated heterocycles. The van der Waals surface area contributed by atoms with Crippen molar-refractivity contribution in [3.05, 3.63) is 0 Å². The molecule has 0 heterocycles. The SMILES string of the molecule is CCCNCC(CCCSCC)C1CCCC1. The van der Waals surface area contributed by atoms with Gasteiger partial charge in [0, 0.05) is 0 Å². The molecule has 0 radical (unpaired) electrons. The first kappa shape index (κ1) is 15.4. The van der Waals surface area contributed by atoms with Crippen LogP contribution in [0.3, 0.4) is 0 Å². The molecular formula is C15H31NS. The maximum absolute atomic E-state index is 3.65. The van der Waals surface area contributed by atoms with Crippen LogP contribution in [0.25, 0.3) is 0 Å². The fourth-order valence-corrected chi connectivity index (χ4v) is 3.65. The average Bonchev–Trinajstić information content (AvgIpc) is 2.86. The summed E-state index contributed by atoms with van der Waals surface area (Å²) in [6.07, 6.45) is 10.1. The van der Waals surface area contributed by atoms with Crippen LogP contribution in [-0.2, 0) is 0 Å². The van der Waals surface area contributed by atoms with Crippen molar-refractivity contribution in [2.75, 3.05) is 24.6 Å². The maximum atomic E-state index is 3.65. The van der Waals surface area contributed by atoms with E-state index in [2.05, 4.69) is 30.9 Å². The zero-order valence-corrected chi connectivity index (χ0v) is 12.7.